The second kappa shape index (κ2) is 10.7. The molecule has 0 unspecified atom stereocenters. The summed E-state index contributed by atoms with van der Waals surface area (Å²) in [6.07, 6.45) is 0. The predicted octanol–water partition coefficient (Wildman–Crippen LogP) is 1.96. The summed E-state index contributed by atoms with van der Waals surface area (Å²) in [5.74, 6) is 0.558. The highest BCUT2D eigenvalue weighted by molar-refractivity contribution is 7.89. The average Bonchev–Trinajstić information content (AvgIpc) is 2.57. The third-order valence-electron chi connectivity index (χ3n) is 3.69. The van der Waals surface area contributed by atoms with Crippen LogP contribution in [0.15, 0.2) is 23.1 Å². The van der Waals surface area contributed by atoms with Crippen LogP contribution in [-0.2, 0) is 10.0 Å². The number of rotatable bonds is 10. The summed E-state index contributed by atoms with van der Waals surface area (Å²) < 4.78 is 32.5. The Kier molecular flexibility index (Phi) is 9.28. The van der Waals surface area contributed by atoms with Crippen molar-refractivity contribution in [3.05, 3.63) is 18.2 Å². The summed E-state index contributed by atoms with van der Waals surface area (Å²) in [5, 5.41) is 6.57. The van der Waals surface area contributed by atoms with Gasteiger partial charge in [0.1, 0.15) is 5.75 Å². The lowest BCUT2D eigenvalue weighted by molar-refractivity contribution is 0.341. The van der Waals surface area contributed by atoms with Crippen molar-refractivity contribution in [2.45, 2.75) is 25.7 Å². The number of nitrogens with one attached hydrogen (secondary N) is 2. The van der Waals surface area contributed by atoms with Gasteiger partial charge in [-0.05, 0) is 51.4 Å². The van der Waals surface area contributed by atoms with E-state index in [9.17, 15) is 8.42 Å². The Labute approximate surface area is 162 Å². The first-order chi connectivity index (χ1) is 12.3. The highest BCUT2D eigenvalue weighted by Crippen LogP contribution is 2.29. The first kappa shape index (κ1) is 22.6. The van der Waals surface area contributed by atoms with Gasteiger partial charge in [0.25, 0.3) is 0 Å². The molecule has 0 saturated carbocycles. The molecule has 0 bridgehead atoms. The van der Waals surface area contributed by atoms with Crippen molar-refractivity contribution in [1.82, 2.24) is 14.5 Å². The number of ether oxygens (including phenoxy) is 1. The van der Waals surface area contributed by atoms with E-state index in [1.165, 1.54) is 4.31 Å². The maximum Gasteiger partial charge on any atom is 0.243 e. The molecule has 0 spiro atoms. The topological polar surface area (TPSA) is 73.9 Å². The van der Waals surface area contributed by atoms with Crippen LogP contribution in [0.5, 0.6) is 5.75 Å². The van der Waals surface area contributed by atoms with Crippen molar-refractivity contribution in [1.29, 1.82) is 0 Å². The van der Waals surface area contributed by atoms with Crippen LogP contribution < -0.4 is 15.4 Å². The van der Waals surface area contributed by atoms with Crippen molar-refractivity contribution < 1.29 is 13.2 Å². The number of hydrogen-bond donors (Lipinski definition) is 2. The number of hydrogen-bond acceptors (Lipinski definition) is 5. The largest absolute Gasteiger partial charge is 0.492 e. The second-order valence-electron chi connectivity index (χ2n) is 5.86. The van der Waals surface area contributed by atoms with Crippen molar-refractivity contribution in [2.75, 3.05) is 52.2 Å². The average molecular weight is 403 g/mol. The SMILES string of the molecule is CCOc1ccc(S(=O)(=O)N(CC)CC)cc1NC(=S)NCCN(C)C. The Hall–Kier alpha value is -1.42. The summed E-state index contributed by atoms with van der Waals surface area (Å²) in [7, 11) is 0.406. The number of likely N-dealkylation sites (N-methyl/N-ethyl adjacent to an activating group) is 1. The fourth-order valence-electron chi connectivity index (χ4n) is 2.32. The Morgan fingerprint density at radius 3 is 2.38 bits per heavy atom. The molecule has 1 aromatic carbocycles. The molecule has 0 amide bonds. The van der Waals surface area contributed by atoms with Crippen molar-refractivity contribution >= 4 is 33.0 Å². The molecular formula is C17H30N4O3S2. The molecule has 7 nitrogen and oxygen atoms in total. The van der Waals surface area contributed by atoms with Gasteiger partial charge >= 0.3 is 0 Å². The van der Waals surface area contributed by atoms with E-state index in [0.29, 0.717) is 42.8 Å². The predicted molar refractivity (Wildman–Crippen MR) is 110 cm³/mol. The summed E-state index contributed by atoms with van der Waals surface area (Å²) in [4.78, 5) is 2.25. The molecule has 0 heterocycles. The van der Waals surface area contributed by atoms with Gasteiger partial charge in [0.05, 0.1) is 17.2 Å². The minimum Gasteiger partial charge on any atom is -0.492 e. The summed E-state index contributed by atoms with van der Waals surface area (Å²) in [6.45, 7) is 8.32. The Morgan fingerprint density at radius 2 is 1.85 bits per heavy atom. The van der Waals surface area contributed by atoms with E-state index in [1.807, 2.05) is 39.8 Å². The number of benzene rings is 1. The first-order valence-electron chi connectivity index (χ1n) is 8.72. The second-order valence-corrected chi connectivity index (χ2v) is 8.21. The van der Waals surface area contributed by atoms with Crippen LogP contribution in [0.3, 0.4) is 0 Å². The third kappa shape index (κ3) is 6.39. The van der Waals surface area contributed by atoms with Crippen LogP contribution >= 0.6 is 12.2 Å². The zero-order valence-electron chi connectivity index (χ0n) is 16.2. The molecule has 2 N–H and O–H groups in total. The fraction of sp³-hybridized carbons (Fsp3) is 0.588. The number of nitrogens with zero attached hydrogens (tertiary/aromatic N) is 2. The van der Waals surface area contributed by atoms with Gasteiger partial charge in [0.2, 0.25) is 10.0 Å². The van der Waals surface area contributed by atoms with Gasteiger partial charge in [-0.15, -0.1) is 0 Å². The quantitative estimate of drug-likeness (QED) is 0.580. The molecule has 0 aliphatic rings. The smallest absolute Gasteiger partial charge is 0.243 e. The molecule has 1 rings (SSSR count). The molecule has 0 saturated heterocycles. The molecule has 0 aliphatic heterocycles. The van der Waals surface area contributed by atoms with E-state index in [4.69, 9.17) is 17.0 Å². The molecule has 0 fully saturated rings. The van der Waals surface area contributed by atoms with Crippen molar-refractivity contribution in [2.24, 2.45) is 0 Å². The molecular weight excluding hydrogens is 372 g/mol. The summed E-state index contributed by atoms with van der Waals surface area (Å²) >= 11 is 5.31. The number of anilines is 1. The van der Waals surface area contributed by atoms with Gasteiger partial charge in [0, 0.05) is 26.2 Å². The monoisotopic (exact) mass is 402 g/mol. The maximum absolute atomic E-state index is 12.8. The van der Waals surface area contributed by atoms with E-state index in [-0.39, 0.29) is 4.90 Å². The lowest BCUT2D eigenvalue weighted by Crippen LogP contribution is -2.34. The molecule has 9 heteroatoms. The molecule has 0 atom stereocenters. The molecule has 26 heavy (non-hydrogen) atoms. The van der Waals surface area contributed by atoms with E-state index < -0.39 is 10.0 Å². The number of thiocarbonyl (C=S) groups is 1. The van der Waals surface area contributed by atoms with E-state index >= 15 is 0 Å². The third-order valence-corrected chi connectivity index (χ3v) is 5.98. The van der Waals surface area contributed by atoms with E-state index in [1.54, 1.807) is 18.2 Å². The summed E-state index contributed by atoms with van der Waals surface area (Å²) in [5.41, 5.74) is 0.530. The van der Waals surface area contributed by atoms with Gasteiger partial charge in [-0.2, -0.15) is 4.31 Å². The highest BCUT2D eigenvalue weighted by Gasteiger charge is 2.23. The van der Waals surface area contributed by atoms with Gasteiger partial charge in [0.15, 0.2) is 5.11 Å². The molecule has 0 aliphatic carbocycles. The van der Waals surface area contributed by atoms with Crippen LogP contribution in [-0.4, -0.2) is 69.6 Å². The van der Waals surface area contributed by atoms with E-state index in [0.717, 1.165) is 6.54 Å². The molecule has 0 radical (unpaired) electrons. The zero-order chi connectivity index (χ0) is 19.7. The van der Waals surface area contributed by atoms with Crippen LogP contribution in [0.1, 0.15) is 20.8 Å². The minimum atomic E-state index is -3.55. The zero-order valence-corrected chi connectivity index (χ0v) is 17.8. The Bertz CT molecular complexity index is 689. The molecule has 0 aromatic heterocycles. The normalized spacial score (nSPS) is 11.7. The maximum atomic E-state index is 12.8. The van der Waals surface area contributed by atoms with Crippen LogP contribution in [0.2, 0.25) is 0 Å². The highest BCUT2D eigenvalue weighted by atomic mass is 32.2. The van der Waals surface area contributed by atoms with Crippen LogP contribution in [0, 0.1) is 0 Å². The standard InChI is InChI=1S/C17H30N4O3S2/c1-6-21(7-2)26(22,23)14-9-10-16(24-8-3)15(13-14)19-17(25)18-11-12-20(4)5/h9-10,13H,6-8,11-12H2,1-5H3,(H2,18,19,25). The minimum absolute atomic E-state index is 0.211. The fourth-order valence-corrected chi connectivity index (χ4v) is 4.02. The van der Waals surface area contributed by atoms with Gasteiger partial charge < -0.3 is 20.3 Å². The van der Waals surface area contributed by atoms with Crippen LogP contribution in [0.25, 0.3) is 0 Å². The van der Waals surface area contributed by atoms with E-state index in [2.05, 4.69) is 10.6 Å². The lowest BCUT2D eigenvalue weighted by Gasteiger charge is -2.20. The first-order valence-corrected chi connectivity index (χ1v) is 10.6. The van der Waals surface area contributed by atoms with Gasteiger partial charge in [-0.25, -0.2) is 8.42 Å². The van der Waals surface area contributed by atoms with Crippen molar-refractivity contribution in [3.8, 4) is 5.75 Å². The molecule has 1 aromatic rings. The number of sulfonamides is 1. The Morgan fingerprint density at radius 1 is 1.19 bits per heavy atom. The molecule has 148 valence electrons. The Balaban J connectivity index is 3.06. The van der Waals surface area contributed by atoms with Gasteiger partial charge in [-0.1, -0.05) is 13.8 Å². The van der Waals surface area contributed by atoms with Crippen molar-refractivity contribution in [3.63, 3.8) is 0 Å². The summed E-state index contributed by atoms with van der Waals surface area (Å²) in [6, 6.07) is 4.79. The van der Waals surface area contributed by atoms with Crippen LogP contribution in [0.4, 0.5) is 5.69 Å². The van der Waals surface area contributed by atoms with Gasteiger partial charge in [-0.3, -0.25) is 0 Å². The lowest BCUT2D eigenvalue weighted by atomic mass is 10.3.